The molecule has 0 N–H and O–H groups in total. The largest absolute Gasteiger partial charge is 0.453 e. The van der Waals surface area contributed by atoms with Crippen molar-refractivity contribution in [3.05, 3.63) is 0 Å². The Morgan fingerprint density at radius 3 is 2.46 bits per heavy atom. The van der Waals surface area contributed by atoms with Gasteiger partial charge in [0.25, 0.3) is 0 Å². The zero-order valence-corrected chi connectivity index (χ0v) is 17.4. The standard InChI is InChI=1S/C21H35N3O4/c1-3-28-19(25)23-12-8-21(15-23)13-17(14-21)22-10-6-16(7-11-22)18-5-4-9-24(18)20(26)27-2/h16-18H,3-15H2,1-2H3/t17?,18-,21?/m0/s1. The number of methoxy groups -OCH3 is 1. The van der Waals surface area contributed by atoms with E-state index in [-0.39, 0.29) is 12.2 Å². The fourth-order valence-corrected chi connectivity index (χ4v) is 6.13. The summed E-state index contributed by atoms with van der Waals surface area (Å²) >= 11 is 0. The Morgan fingerprint density at radius 1 is 1.04 bits per heavy atom. The molecule has 2 amide bonds. The van der Waals surface area contributed by atoms with E-state index in [0.717, 1.165) is 52.0 Å². The number of carbonyl (C=O) groups excluding carboxylic acids is 2. The van der Waals surface area contributed by atoms with Crippen LogP contribution in [-0.2, 0) is 9.47 Å². The van der Waals surface area contributed by atoms with E-state index in [9.17, 15) is 9.59 Å². The highest BCUT2D eigenvalue weighted by atomic mass is 16.6. The van der Waals surface area contributed by atoms with Gasteiger partial charge in [0.15, 0.2) is 0 Å². The summed E-state index contributed by atoms with van der Waals surface area (Å²) in [6.07, 6.45) is 7.82. The minimum atomic E-state index is -0.154. The van der Waals surface area contributed by atoms with Crippen molar-refractivity contribution in [2.45, 2.75) is 64.0 Å². The van der Waals surface area contributed by atoms with Crippen molar-refractivity contribution in [1.82, 2.24) is 14.7 Å². The molecule has 1 atom stereocenters. The number of hydrogen-bond donors (Lipinski definition) is 0. The van der Waals surface area contributed by atoms with Crippen molar-refractivity contribution < 1.29 is 19.1 Å². The van der Waals surface area contributed by atoms with Crippen LogP contribution in [0.1, 0.15) is 51.9 Å². The number of ether oxygens (including phenoxy) is 2. The van der Waals surface area contributed by atoms with E-state index in [1.54, 1.807) is 0 Å². The molecule has 0 aromatic rings. The molecule has 0 radical (unpaired) electrons. The first kappa shape index (κ1) is 19.8. The first-order chi connectivity index (χ1) is 13.5. The van der Waals surface area contributed by atoms with Crippen LogP contribution < -0.4 is 0 Å². The second kappa shape index (κ2) is 8.09. The zero-order chi connectivity index (χ0) is 19.7. The maximum absolute atomic E-state index is 12.0. The summed E-state index contributed by atoms with van der Waals surface area (Å²) in [6, 6.07) is 1.04. The van der Waals surface area contributed by atoms with Crippen LogP contribution in [0, 0.1) is 11.3 Å². The van der Waals surface area contributed by atoms with Gasteiger partial charge in [0.05, 0.1) is 13.7 Å². The molecular formula is C21H35N3O4. The van der Waals surface area contributed by atoms with Gasteiger partial charge in [-0.3, -0.25) is 0 Å². The minimum Gasteiger partial charge on any atom is -0.453 e. The summed E-state index contributed by atoms with van der Waals surface area (Å²) in [5.41, 5.74) is 0.335. The second-order valence-corrected chi connectivity index (χ2v) is 9.18. The lowest BCUT2D eigenvalue weighted by molar-refractivity contribution is -0.0155. The number of piperidine rings is 1. The van der Waals surface area contributed by atoms with Gasteiger partial charge in [-0.05, 0) is 76.3 Å². The highest BCUT2D eigenvalue weighted by Gasteiger charge is 2.51. The summed E-state index contributed by atoms with van der Waals surface area (Å²) in [5.74, 6) is 0.609. The third-order valence-corrected chi connectivity index (χ3v) is 7.64. The lowest BCUT2D eigenvalue weighted by Crippen LogP contribution is -2.55. The number of nitrogens with zero attached hydrogens (tertiary/aromatic N) is 3. The third-order valence-electron chi connectivity index (χ3n) is 7.64. The Kier molecular flexibility index (Phi) is 5.72. The van der Waals surface area contributed by atoms with Crippen molar-refractivity contribution in [3.63, 3.8) is 0 Å². The van der Waals surface area contributed by atoms with Crippen molar-refractivity contribution in [2.24, 2.45) is 11.3 Å². The Labute approximate surface area is 168 Å². The van der Waals surface area contributed by atoms with Gasteiger partial charge in [-0.25, -0.2) is 9.59 Å². The summed E-state index contributed by atoms with van der Waals surface area (Å²) in [4.78, 5) is 30.5. The van der Waals surface area contributed by atoms with E-state index >= 15 is 0 Å². The molecule has 1 spiro atoms. The van der Waals surface area contributed by atoms with Crippen molar-refractivity contribution >= 4 is 12.2 Å². The van der Waals surface area contributed by atoms with Gasteiger partial charge in [-0.1, -0.05) is 0 Å². The third kappa shape index (κ3) is 3.70. The van der Waals surface area contributed by atoms with Gasteiger partial charge < -0.3 is 24.2 Å². The highest BCUT2D eigenvalue weighted by molar-refractivity contribution is 5.68. The van der Waals surface area contributed by atoms with E-state index in [0.29, 0.717) is 30.0 Å². The molecule has 0 aromatic heterocycles. The summed E-state index contributed by atoms with van der Waals surface area (Å²) < 4.78 is 10.1. The fraction of sp³-hybridized carbons (Fsp3) is 0.905. The monoisotopic (exact) mass is 393 g/mol. The summed E-state index contributed by atoms with van der Waals surface area (Å²) in [7, 11) is 1.48. The zero-order valence-electron chi connectivity index (χ0n) is 17.4. The van der Waals surface area contributed by atoms with Gasteiger partial charge in [-0.15, -0.1) is 0 Å². The molecule has 1 aliphatic carbocycles. The quantitative estimate of drug-likeness (QED) is 0.738. The van der Waals surface area contributed by atoms with Crippen LogP contribution >= 0.6 is 0 Å². The number of amides is 2. The maximum atomic E-state index is 12.0. The molecule has 4 rings (SSSR count). The second-order valence-electron chi connectivity index (χ2n) is 9.18. The lowest BCUT2D eigenvalue weighted by atomic mass is 9.64. The van der Waals surface area contributed by atoms with E-state index in [2.05, 4.69) is 4.90 Å². The molecule has 3 heterocycles. The molecular weight excluding hydrogens is 358 g/mol. The van der Waals surface area contributed by atoms with Crippen LogP contribution in [0.4, 0.5) is 9.59 Å². The fourth-order valence-electron chi connectivity index (χ4n) is 6.13. The van der Waals surface area contributed by atoms with Gasteiger partial charge in [0, 0.05) is 31.7 Å². The molecule has 0 bridgehead atoms. The van der Waals surface area contributed by atoms with Gasteiger partial charge in [0.2, 0.25) is 0 Å². The average molecular weight is 394 g/mol. The van der Waals surface area contributed by atoms with E-state index in [4.69, 9.17) is 9.47 Å². The number of rotatable bonds is 3. The molecule has 0 unspecified atom stereocenters. The Balaban J connectivity index is 1.23. The van der Waals surface area contributed by atoms with Gasteiger partial charge in [-0.2, -0.15) is 0 Å². The first-order valence-electron chi connectivity index (χ1n) is 11.1. The Hall–Kier alpha value is -1.50. The van der Waals surface area contributed by atoms with E-state index < -0.39 is 0 Å². The predicted molar refractivity (Wildman–Crippen MR) is 105 cm³/mol. The topological polar surface area (TPSA) is 62.3 Å². The average Bonchev–Trinajstić information content (AvgIpc) is 3.34. The van der Waals surface area contributed by atoms with Crippen LogP contribution in [0.25, 0.3) is 0 Å². The minimum absolute atomic E-state index is 0.143. The van der Waals surface area contributed by atoms with Crippen molar-refractivity contribution in [2.75, 3.05) is 46.4 Å². The lowest BCUT2D eigenvalue weighted by Gasteiger charge is -2.52. The molecule has 7 heteroatoms. The van der Waals surface area contributed by atoms with Crippen LogP contribution in [0.15, 0.2) is 0 Å². The van der Waals surface area contributed by atoms with Crippen molar-refractivity contribution in [3.8, 4) is 0 Å². The number of likely N-dealkylation sites (tertiary alicyclic amines) is 3. The molecule has 4 aliphatic rings. The number of hydrogen-bond acceptors (Lipinski definition) is 5. The highest BCUT2D eigenvalue weighted by Crippen LogP contribution is 2.51. The normalized spacial score (nSPS) is 33.9. The van der Waals surface area contributed by atoms with Crippen LogP contribution in [0.2, 0.25) is 0 Å². The first-order valence-corrected chi connectivity index (χ1v) is 11.1. The van der Waals surface area contributed by atoms with Gasteiger partial charge >= 0.3 is 12.2 Å². The SMILES string of the molecule is CCOC(=O)N1CCC2(CC(N3CCC([C@@H]4CCCN4C(=O)OC)CC3)C2)C1. The molecule has 1 saturated carbocycles. The van der Waals surface area contributed by atoms with E-state index in [1.807, 2.05) is 16.7 Å². The smallest absolute Gasteiger partial charge is 0.409 e. The molecule has 158 valence electrons. The predicted octanol–water partition coefficient (Wildman–Crippen LogP) is 2.94. The van der Waals surface area contributed by atoms with E-state index in [1.165, 1.54) is 32.8 Å². The Bertz CT molecular complexity index is 584. The molecule has 4 fully saturated rings. The number of carbonyl (C=O) groups is 2. The van der Waals surface area contributed by atoms with Crippen LogP contribution in [0.5, 0.6) is 0 Å². The summed E-state index contributed by atoms with van der Waals surface area (Å²) in [5, 5.41) is 0. The molecule has 3 saturated heterocycles. The Morgan fingerprint density at radius 2 is 1.79 bits per heavy atom. The van der Waals surface area contributed by atoms with Crippen LogP contribution in [-0.4, -0.2) is 85.4 Å². The molecule has 0 aromatic carbocycles. The maximum Gasteiger partial charge on any atom is 0.409 e. The molecule has 28 heavy (non-hydrogen) atoms. The molecule has 3 aliphatic heterocycles. The summed E-state index contributed by atoms with van der Waals surface area (Å²) in [6.45, 7) is 7.15. The van der Waals surface area contributed by atoms with Gasteiger partial charge in [0.1, 0.15) is 0 Å². The van der Waals surface area contributed by atoms with Crippen LogP contribution in [0.3, 0.4) is 0 Å². The van der Waals surface area contributed by atoms with Crippen molar-refractivity contribution in [1.29, 1.82) is 0 Å². The molecule has 7 nitrogen and oxygen atoms in total.